The average molecular weight is 299 g/mol. The first-order valence-corrected chi connectivity index (χ1v) is 6.41. The quantitative estimate of drug-likeness (QED) is 0.841. The van der Waals surface area contributed by atoms with Crippen molar-refractivity contribution in [3.63, 3.8) is 0 Å². The van der Waals surface area contributed by atoms with E-state index in [-0.39, 0.29) is 5.56 Å². The van der Waals surface area contributed by atoms with Crippen molar-refractivity contribution in [2.45, 2.75) is 19.4 Å². The SMILES string of the molecule is Nc1c(Br)cc(C(=O)O)cc1CN1CCCC1. The fourth-order valence-electron chi connectivity index (χ4n) is 2.11. The molecule has 1 saturated heterocycles. The van der Waals surface area contributed by atoms with Crippen LogP contribution in [0.3, 0.4) is 0 Å². The molecule has 92 valence electrons. The molecule has 1 aliphatic rings. The largest absolute Gasteiger partial charge is 0.478 e. The zero-order valence-corrected chi connectivity index (χ0v) is 11.0. The Labute approximate surface area is 109 Å². The summed E-state index contributed by atoms with van der Waals surface area (Å²) in [4.78, 5) is 13.3. The minimum atomic E-state index is -0.923. The highest BCUT2D eigenvalue weighted by molar-refractivity contribution is 9.10. The van der Waals surface area contributed by atoms with Gasteiger partial charge in [-0.25, -0.2) is 4.79 Å². The first-order chi connectivity index (χ1) is 8.08. The molecular weight excluding hydrogens is 284 g/mol. The predicted molar refractivity (Wildman–Crippen MR) is 70.0 cm³/mol. The average Bonchev–Trinajstić information content (AvgIpc) is 2.77. The Morgan fingerprint density at radius 2 is 2.06 bits per heavy atom. The van der Waals surface area contributed by atoms with Gasteiger partial charge in [0.2, 0.25) is 0 Å². The van der Waals surface area contributed by atoms with Crippen molar-refractivity contribution in [3.05, 3.63) is 27.7 Å². The first-order valence-electron chi connectivity index (χ1n) is 5.61. The topological polar surface area (TPSA) is 66.6 Å². The van der Waals surface area contributed by atoms with Gasteiger partial charge in [0.25, 0.3) is 0 Å². The summed E-state index contributed by atoms with van der Waals surface area (Å²) in [6.45, 7) is 2.86. The highest BCUT2D eigenvalue weighted by Gasteiger charge is 2.16. The van der Waals surface area contributed by atoms with Gasteiger partial charge in [0.1, 0.15) is 0 Å². The molecule has 0 unspecified atom stereocenters. The maximum atomic E-state index is 11.0. The summed E-state index contributed by atoms with van der Waals surface area (Å²) in [5.74, 6) is -0.923. The molecule has 0 aliphatic carbocycles. The van der Waals surface area contributed by atoms with Crippen molar-refractivity contribution in [2.75, 3.05) is 18.8 Å². The summed E-state index contributed by atoms with van der Waals surface area (Å²) in [6, 6.07) is 3.21. The van der Waals surface area contributed by atoms with Gasteiger partial charge in [0, 0.05) is 11.0 Å². The van der Waals surface area contributed by atoms with Crippen LogP contribution in [0, 0.1) is 0 Å². The van der Waals surface area contributed by atoms with E-state index < -0.39 is 5.97 Å². The maximum Gasteiger partial charge on any atom is 0.335 e. The molecule has 4 nitrogen and oxygen atoms in total. The zero-order chi connectivity index (χ0) is 12.4. The van der Waals surface area contributed by atoms with Crippen molar-refractivity contribution in [2.24, 2.45) is 0 Å². The Balaban J connectivity index is 2.27. The van der Waals surface area contributed by atoms with E-state index in [0.29, 0.717) is 10.2 Å². The number of aromatic carboxylic acids is 1. The molecule has 0 radical (unpaired) electrons. The summed E-state index contributed by atoms with van der Waals surface area (Å²) in [7, 11) is 0. The van der Waals surface area contributed by atoms with Gasteiger partial charge >= 0.3 is 5.97 Å². The van der Waals surface area contributed by atoms with Gasteiger partial charge in [-0.2, -0.15) is 0 Å². The molecule has 5 heteroatoms. The number of hydrogen-bond donors (Lipinski definition) is 2. The molecule has 1 aromatic carbocycles. The molecule has 0 aromatic heterocycles. The maximum absolute atomic E-state index is 11.0. The predicted octanol–water partition coefficient (Wildman–Crippen LogP) is 2.33. The molecule has 0 bridgehead atoms. The van der Waals surface area contributed by atoms with E-state index in [1.165, 1.54) is 12.8 Å². The van der Waals surface area contributed by atoms with Crippen LogP contribution in [0.25, 0.3) is 0 Å². The molecule has 0 atom stereocenters. The number of likely N-dealkylation sites (tertiary alicyclic amines) is 1. The molecule has 0 spiro atoms. The summed E-state index contributed by atoms with van der Waals surface area (Å²) in [5.41, 5.74) is 7.77. The molecule has 17 heavy (non-hydrogen) atoms. The van der Waals surface area contributed by atoms with Crippen molar-refractivity contribution in [1.29, 1.82) is 0 Å². The number of nitrogens with zero attached hydrogens (tertiary/aromatic N) is 1. The van der Waals surface area contributed by atoms with Gasteiger partial charge < -0.3 is 10.8 Å². The van der Waals surface area contributed by atoms with Crippen molar-refractivity contribution in [3.8, 4) is 0 Å². The molecule has 1 aliphatic heterocycles. The molecule has 1 fully saturated rings. The number of nitrogen functional groups attached to an aromatic ring is 1. The van der Waals surface area contributed by atoms with E-state index in [1.54, 1.807) is 12.1 Å². The lowest BCUT2D eigenvalue weighted by atomic mass is 10.1. The van der Waals surface area contributed by atoms with Crippen molar-refractivity contribution in [1.82, 2.24) is 4.90 Å². The second-order valence-corrected chi connectivity index (χ2v) is 5.17. The second-order valence-electron chi connectivity index (χ2n) is 4.32. The fraction of sp³-hybridized carbons (Fsp3) is 0.417. The summed E-state index contributed by atoms with van der Waals surface area (Å²) >= 11 is 3.31. The van der Waals surface area contributed by atoms with Gasteiger partial charge in [0.05, 0.1) is 11.3 Å². The summed E-state index contributed by atoms with van der Waals surface area (Å²) in [6.07, 6.45) is 2.42. The number of anilines is 1. The van der Waals surface area contributed by atoms with Crippen LogP contribution in [0.2, 0.25) is 0 Å². The number of carboxylic acid groups (broad SMARTS) is 1. The molecule has 1 heterocycles. The number of halogens is 1. The van der Waals surface area contributed by atoms with Crippen molar-refractivity contribution >= 4 is 27.6 Å². The van der Waals surface area contributed by atoms with Crippen LogP contribution in [0.5, 0.6) is 0 Å². The number of benzene rings is 1. The molecule has 3 N–H and O–H groups in total. The molecular formula is C12H15BrN2O2. The zero-order valence-electron chi connectivity index (χ0n) is 9.45. The summed E-state index contributed by atoms with van der Waals surface area (Å²) < 4.78 is 0.659. The number of nitrogens with two attached hydrogens (primary N) is 1. The third-order valence-electron chi connectivity index (χ3n) is 3.05. The van der Waals surface area contributed by atoms with Crippen LogP contribution in [-0.4, -0.2) is 29.1 Å². The van der Waals surface area contributed by atoms with Gasteiger partial charge in [-0.05, 0) is 59.6 Å². The Bertz CT molecular complexity index is 442. The van der Waals surface area contributed by atoms with E-state index in [2.05, 4.69) is 20.8 Å². The fourth-order valence-corrected chi connectivity index (χ4v) is 2.61. The second kappa shape index (κ2) is 5.06. The molecule has 2 rings (SSSR count). The Hall–Kier alpha value is -1.07. The number of carbonyl (C=O) groups is 1. The van der Waals surface area contributed by atoms with Crippen LogP contribution >= 0.6 is 15.9 Å². The van der Waals surface area contributed by atoms with Gasteiger partial charge in [-0.3, -0.25) is 4.90 Å². The van der Waals surface area contributed by atoms with E-state index in [9.17, 15) is 4.79 Å². The highest BCUT2D eigenvalue weighted by Crippen LogP contribution is 2.27. The lowest BCUT2D eigenvalue weighted by Crippen LogP contribution is -2.19. The molecule has 1 aromatic rings. The normalized spacial score (nSPS) is 16.3. The van der Waals surface area contributed by atoms with E-state index >= 15 is 0 Å². The smallest absolute Gasteiger partial charge is 0.335 e. The highest BCUT2D eigenvalue weighted by atomic mass is 79.9. The third-order valence-corrected chi connectivity index (χ3v) is 3.71. The van der Waals surface area contributed by atoms with Gasteiger partial charge in [-0.1, -0.05) is 0 Å². The van der Waals surface area contributed by atoms with E-state index in [0.717, 1.165) is 25.2 Å². The Morgan fingerprint density at radius 3 is 2.65 bits per heavy atom. The third kappa shape index (κ3) is 2.79. The Morgan fingerprint density at radius 1 is 1.41 bits per heavy atom. The van der Waals surface area contributed by atoms with E-state index in [4.69, 9.17) is 10.8 Å². The van der Waals surface area contributed by atoms with Crippen LogP contribution in [0.4, 0.5) is 5.69 Å². The lowest BCUT2D eigenvalue weighted by molar-refractivity contribution is 0.0696. The minimum Gasteiger partial charge on any atom is -0.478 e. The monoisotopic (exact) mass is 298 g/mol. The van der Waals surface area contributed by atoms with Crippen LogP contribution in [-0.2, 0) is 6.54 Å². The van der Waals surface area contributed by atoms with Crippen LogP contribution < -0.4 is 5.73 Å². The minimum absolute atomic E-state index is 0.278. The van der Waals surface area contributed by atoms with Crippen LogP contribution in [0.1, 0.15) is 28.8 Å². The Kier molecular flexibility index (Phi) is 3.69. The van der Waals surface area contributed by atoms with Crippen molar-refractivity contribution < 1.29 is 9.90 Å². The number of carboxylic acids is 1. The van der Waals surface area contributed by atoms with Gasteiger partial charge in [0.15, 0.2) is 0 Å². The number of rotatable bonds is 3. The van der Waals surface area contributed by atoms with E-state index in [1.807, 2.05) is 0 Å². The summed E-state index contributed by atoms with van der Waals surface area (Å²) in [5, 5.41) is 9.01. The number of hydrogen-bond acceptors (Lipinski definition) is 3. The lowest BCUT2D eigenvalue weighted by Gasteiger charge is -2.17. The molecule has 0 amide bonds. The van der Waals surface area contributed by atoms with Gasteiger partial charge in [-0.15, -0.1) is 0 Å². The first kappa shape index (κ1) is 12.4. The van der Waals surface area contributed by atoms with Crippen LogP contribution in [0.15, 0.2) is 16.6 Å². The standard InChI is InChI=1S/C12H15BrN2O2/c13-10-6-8(12(16)17)5-9(11(10)14)7-15-3-1-2-4-15/h5-6H,1-4,7,14H2,(H,16,17). The molecule has 0 saturated carbocycles.